The first-order chi connectivity index (χ1) is 10.9. The molecule has 23 heavy (non-hydrogen) atoms. The third kappa shape index (κ3) is 2.49. The van der Waals surface area contributed by atoms with Crippen LogP contribution in [-0.2, 0) is 16.4 Å². The van der Waals surface area contributed by atoms with Crippen molar-refractivity contribution in [1.82, 2.24) is 14.6 Å². The second-order valence-electron chi connectivity index (χ2n) is 5.89. The fourth-order valence-electron chi connectivity index (χ4n) is 3.38. The minimum atomic E-state index is -3.67. The number of nitrogens with zero attached hydrogens (tertiary/aromatic N) is 3. The van der Waals surface area contributed by atoms with Gasteiger partial charge in [-0.3, -0.25) is 0 Å². The van der Waals surface area contributed by atoms with Crippen molar-refractivity contribution >= 4 is 10.0 Å². The second kappa shape index (κ2) is 5.76. The van der Waals surface area contributed by atoms with Crippen molar-refractivity contribution in [3.8, 4) is 0 Å². The first-order valence-corrected chi connectivity index (χ1v) is 9.21. The predicted octanol–water partition coefficient (Wildman–Crippen LogP) is 2.68. The highest BCUT2D eigenvalue weighted by atomic mass is 32.2. The summed E-state index contributed by atoms with van der Waals surface area (Å²) in [6, 6.07) is -0.241. The van der Waals surface area contributed by atoms with Crippen molar-refractivity contribution in [3.05, 3.63) is 28.5 Å². The molecule has 126 valence electrons. The third-order valence-electron chi connectivity index (χ3n) is 4.38. The van der Waals surface area contributed by atoms with E-state index in [0.29, 0.717) is 24.4 Å². The van der Waals surface area contributed by atoms with Crippen LogP contribution in [0.1, 0.15) is 54.3 Å². The Balaban J connectivity index is 2.07. The van der Waals surface area contributed by atoms with E-state index >= 15 is 0 Å². The van der Waals surface area contributed by atoms with Crippen LogP contribution in [0.5, 0.6) is 0 Å². The van der Waals surface area contributed by atoms with Gasteiger partial charge in [-0.15, -0.1) is 0 Å². The highest BCUT2D eigenvalue weighted by Crippen LogP contribution is 2.40. The van der Waals surface area contributed by atoms with E-state index in [2.05, 4.69) is 10.3 Å². The Bertz CT molecular complexity index is 802. The summed E-state index contributed by atoms with van der Waals surface area (Å²) in [7, 11) is -3.67. The summed E-state index contributed by atoms with van der Waals surface area (Å²) in [4.78, 5) is 0.177. The molecular formula is C15H21N3O4S. The second-order valence-corrected chi connectivity index (χ2v) is 7.71. The maximum atomic E-state index is 13.1. The maximum Gasteiger partial charge on any atom is 0.249 e. The van der Waals surface area contributed by atoms with Gasteiger partial charge in [0.2, 0.25) is 10.0 Å². The van der Waals surface area contributed by atoms with E-state index in [-0.39, 0.29) is 10.9 Å². The van der Waals surface area contributed by atoms with E-state index in [1.165, 1.54) is 4.31 Å². The van der Waals surface area contributed by atoms with Gasteiger partial charge in [-0.25, -0.2) is 8.42 Å². The monoisotopic (exact) mass is 339 g/mol. The Kier molecular flexibility index (Phi) is 4.05. The molecule has 2 aromatic heterocycles. The topological polar surface area (TPSA) is 89.4 Å². The van der Waals surface area contributed by atoms with Gasteiger partial charge in [-0.05, 0) is 33.6 Å². The molecule has 1 atom stereocenters. The van der Waals surface area contributed by atoms with E-state index in [0.717, 1.165) is 29.9 Å². The molecule has 1 unspecified atom stereocenters. The van der Waals surface area contributed by atoms with Crippen LogP contribution in [0.3, 0.4) is 0 Å². The maximum absolute atomic E-state index is 13.1. The first-order valence-electron chi connectivity index (χ1n) is 7.77. The molecule has 0 spiro atoms. The van der Waals surface area contributed by atoms with Crippen LogP contribution in [0.2, 0.25) is 0 Å². The van der Waals surface area contributed by atoms with Gasteiger partial charge < -0.3 is 9.05 Å². The molecule has 0 amide bonds. The largest absolute Gasteiger partial charge is 0.361 e. The molecule has 1 saturated heterocycles. The lowest BCUT2D eigenvalue weighted by Gasteiger charge is -2.24. The number of aryl methyl sites for hydroxylation is 4. The molecule has 1 aliphatic heterocycles. The smallest absolute Gasteiger partial charge is 0.249 e. The summed E-state index contributed by atoms with van der Waals surface area (Å²) in [5, 5.41) is 7.80. The highest BCUT2D eigenvalue weighted by Gasteiger charge is 2.41. The number of sulfonamides is 1. The Hall–Kier alpha value is -1.67. The van der Waals surface area contributed by atoms with Crippen LogP contribution in [0, 0.1) is 20.8 Å². The van der Waals surface area contributed by atoms with Crippen LogP contribution in [0.4, 0.5) is 0 Å². The summed E-state index contributed by atoms with van der Waals surface area (Å²) in [5.74, 6) is 1.08. The summed E-state index contributed by atoms with van der Waals surface area (Å²) in [6.07, 6.45) is 2.25. The van der Waals surface area contributed by atoms with Crippen molar-refractivity contribution in [3.63, 3.8) is 0 Å². The van der Waals surface area contributed by atoms with E-state index in [9.17, 15) is 8.42 Å². The van der Waals surface area contributed by atoms with Crippen molar-refractivity contribution in [2.24, 2.45) is 0 Å². The third-order valence-corrected chi connectivity index (χ3v) is 6.53. The van der Waals surface area contributed by atoms with Gasteiger partial charge in [-0.1, -0.05) is 17.2 Å². The molecule has 0 aliphatic carbocycles. The standard InChI is InChI=1S/C15H21N3O4S/c1-5-13-14(9(2)16-22-13)12-7-6-8-18(12)23(19,20)15-10(3)17-21-11(15)4/h12H,5-8H2,1-4H3. The Morgan fingerprint density at radius 1 is 1.17 bits per heavy atom. The zero-order valence-electron chi connectivity index (χ0n) is 13.8. The average Bonchev–Trinajstić information content (AvgIpc) is 3.17. The number of hydrogen-bond donors (Lipinski definition) is 0. The molecule has 7 nitrogen and oxygen atoms in total. The molecule has 0 aromatic carbocycles. The molecule has 3 rings (SSSR count). The van der Waals surface area contributed by atoms with Gasteiger partial charge in [0, 0.05) is 18.5 Å². The summed E-state index contributed by atoms with van der Waals surface area (Å²) in [5.41, 5.74) is 2.05. The lowest BCUT2D eigenvalue weighted by molar-refractivity contribution is 0.366. The van der Waals surface area contributed by atoms with Crippen LogP contribution in [0.25, 0.3) is 0 Å². The number of hydrogen-bond acceptors (Lipinski definition) is 6. The van der Waals surface area contributed by atoms with Crippen LogP contribution < -0.4 is 0 Å². The zero-order valence-corrected chi connectivity index (χ0v) is 14.6. The lowest BCUT2D eigenvalue weighted by Crippen LogP contribution is -2.31. The molecular weight excluding hydrogens is 318 g/mol. The van der Waals surface area contributed by atoms with Crippen LogP contribution >= 0.6 is 0 Å². The molecule has 0 saturated carbocycles. The minimum absolute atomic E-state index is 0.177. The Labute approximate surface area is 135 Å². The molecule has 3 heterocycles. The van der Waals surface area contributed by atoms with Gasteiger partial charge in [0.05, 0.1) is 11.7 Å². The summed E-state index contributed by atoms with van der Waals surface area (Å²) >= 11 is 0. The lowest BCUT2D eigenvalue weighted by atomic mass is 10.0. The van der Waals surface area contributed by atoms with Crippen molar-refractivity contribution < 1.29 is 17.5 Å². The molecule has 0 radical (unpaired) electrons. The predicted molar refractivity (Wildman–Crippen MR) is 82.5 cm³/mol. The van der Waals surface area contributed by atoms with Crippen molar-refractivity contribution in [2.45, 2.75) is 57.9 Å². The van der Waals surface area contributed by atoms with Gasteiger partial charge in [0.15, 0.2) is 5.76 Å². The van der Waals surface area contributed by atoms with E-state index in [4.69, 9.17) is 9.05 Å². The van der Waals surface area contributed by atoms with Crippen molar-refractivity contribution in [2.75, 3.05) is 6.54 Å². The fraction of sp³-hybridized carbons (Fsp3) is 0.600. The van der Waals surface area contributed by atoms with Gasteiger partial charge >= 0.3 is 0 Å². The minimum Gasteiger partial charge on any atom is -0.361 e. The summed E-state index contributed by atoms with van der Waals surface area (Å²) in [6.45, 7) is 7.59. The average molecular weight is 339 g/mol. The van der Waals surface area contributed by atoms with Gasteiger partial charge in [0.25, 0.3) is 0 Å². The molecule has 0 bridgehead atoms. The fourth-order valence-corrected chi connectivity index (χ4v) is 5.34. The molecule has 2 aromatic rings. The quantitative estimate of drug-likeness (QED) is 0.851. The SMILES string of the molecule is CCc1onc(C)c1C1CCCN1S(=O)(=O)c1c(C)noc1C. The van der Waals surface area contributed by atoms with E-state index in [1.54, 1.807) is 13.8 Å². The zero-order chi connectivity index (χ0) is 16.8. The normalized spacial score (nSPS) is 19.6. The highest BCUT2D eigenvalue weighted by molar-refractivity contribution is 7.89. The van der Waals surface area contributed by atoms with Gasteiger partial charge in [0.1, 0.15) is 16.3 Å². The number of rotatable bonds is 4. The summed E-state index contributed by atoms with van der Waals surface area (Å²) < 4.78 is 38.2. The van der Waals surface area contributed by atoms with Crippen molar-refractivity contribution in [1.29, 1.82) is 0 Å². The first kappa shape index (κ1) is 16.2. The van der Waals surface area contributed by atoms with Crippen LogP contribution in [0.15, 0.2) is 13.9 Å². The van der Waals surface area contributed by atoms with Gasteiger partial charge in [-0.2, -0.15) is 4.31 Å². The Morgan fingerprint density at radius 3 is 2.48 bits per heavy atom. The Morgan fingerprint density at radius 2 is 1.87 bits per heavy atom. The van der Waals surface area contributed by atoms with Crippen LogP contribution in [-0.4, -0.2) is 29.6 Å². The molecule has 0 N–H and O–H groups in total. The molecule has 8 heteroatoms. The molecule has 1 aliphatic rings. The molecule has 1 fully saturated rings. The van der Waals surface area contributed by atoms with E-state index in [1.807, 2.05) is 13.8 Å². The number of aromatic nitrogens is 2. The van der Waals surface area contributed by atoms with E-state index < -0.39 is 10.0 Å².